The number of aromatic amines is 1. The Kier molecular flexibility index (Phi) is 14.3. The highest BCUT2D eigenvalue weighted by atomic mass is 16.5. The number of carbonyl (C=O) groups excluding carboxylic acids is 4. The average Bonchev–Trinajstić information content (AvgIpc) is 3.64. The molecule has 2 amide bonds. The van der Waals surface area contributed by atoms with Crippen LogP contribution in [-0.2, 0) is 20.7 Å². The summed E-state index contributed by atoms with van der Waals surface area (Å²) in [6.45, 7) is 21.9. The van der Waals surface area contributed by atoms with E-state index in [4.69, 9.17) is 14.3 Å². The van der Waals surface area contributed by atoms with Gasteiger partial charge in [0.05, 0.1) is 30.9 Å². The van der Waals surface area contributed by atoms with E-state index in [0.29, 0.717) is 49.5 Å². The molecule has 290 valence electrons. The van der Waals surface area contributed by atoms with Gasteiger partial charge in [-0.1, -0.05) is 66.3 Å². The summed E-state index contributed by atoms with van der Waals surface area (Å²) in [5.41, 5.74) is 4.61. The zero-order valence-corrected chi connectivity index (χ0v) is 33.3. The van der Waals surface area contributed by atoms with Crippen molar-refractivity contribution in [3.05, 3.63) is 83.8 Å². The quantitative estimate of drug-likeness (QED) is 0.0724. The van der Waals surface area contributed by atoms with E-state index in [2.05, 4.69) is 67.8 Å². The Bertz CT molecular complexity index is 1960. The number of aryl methyl sites for hydroxylation is 1. The van der Waals surface area contributed by atoms with E-state index >= 15 is 0 Å². The number of amides is 2. The normalized spacial score (nSPS) is 14.0. The number of imide groups is 1. The van der Waals surface area contributed by atoms with E-state index in [1.165, 1.54) is 22.8 Å². The molecule has 1 aliphatic heterocycles. The Morgan fingerprint density at radius 3 is 2.43 bits per heavy atom. The maximum absolute atomic E-state index is 13.5. The molecular weight excluding hydrogens is 681 g/mol. The number of hydrogen-bond donors (Lipinski definition) is 2. The molecule has 5 rings (SSSR count). The predicted octanol–water partition coefficient (Wildman–Crippen LogP) is 8.49. The van der Waals surface area contributed by atoms with Crippen molar-refractivity contribution < 1.29 is 28.7 Å². The molecular formula is C44H58N4O6. The maximum Gasteiger partial charge on any atom is 0.265 e. The second kappa shape index (κ2) is 18.5. The number of nitrogens with one attached hydrogen (secondary N) is 2. The molecule has 54 heavy (non-hydrogen) atoms. The zero-order chi connectivity index (χ0) is 39.6. The lowest BCUT2D eigenvalue weighted by Crippen LogP contribution is -2.38. The highest BCUT2D eigenvalue weighted by Crippen LogP contribution is 2.34. The maximum atomic E-state index is 13.5. The van der Waals surface area contributed by atoms with Crippen LogP contribution in [0.15, 0.2) is 67.1 Å². The minimum absolute atomic E-state index is 0.0254. The van der Waals surface area contributed by atoms with Crippen LogP contribution in [0.1, 0.15) is 107 Å². The van der Waals surface area contributed by atoms with Gasteiger partial charge in [-0.2, -0.15) is 0 Å². The molecule has 0 fully saturated rings. The molecule has 10 heteroatoms. The number of ketones is 1. The van der Waals surface area contributed by atoms with Crippen molar-refractivity contribution in [3.8, 4) is 5.75 Å². The average molecular weight is 739 g/mol. The first kappa shape index (κ1) is 41.9. The third-order valence-electron chi connectivity index (χ3n) is 9.92. The van der Waals surface area contributed by atoms with E-state index in [1.54, 1.807) is 24.4 Å². The van der Waals surface area contributed by atoms with Gasteiger partial charge in [0.25, 0.3) is 11.8 Å². The van der Waals surface area contributed by atoms with Crippen molar-refractivity contribution in [1.82, 2.24) is 20.2 Å². The van der Waals surface area contributed by atoms with Crippen molar-refractivity contribution in [3.63, 3.8) is 0 Å². The third-order valence-corrected chi connectivity index (χ3v) is 9.92. The molecule has 3 heterocycles. The highest BCUT2D eigenvalue weighted by molar-refractivity contribution is 6.22. The number of pyridine rings is 1. The molecule has 0 bridgehead atoms. The van der Waals surface area contributed by atoms with Gasteiger partial charge in [0, 0.05) is 75.7 Å². The zero-order valence-electron chi connectivity index (χ0n) is 33.3. The summed E-state index contributed by atoms with van der Waals surface area (Å²) in [7, 11) is 0. The third kappa shape index (κ3) is 10.6. The fraction of sp³-hybridized carbons (Fsp3) is 0.477. The number of rotatable bonds is 19. The van der Waals surface area contributed by atoms with Crippen molar-refractivity contribution in [1.29, 1.82) is 0 Å². The summed E-state index contributed by atoms with van der Waals surface area (Å²) < 4.78 is 12.4. The minimum atomic E-state index is -0.391. The fourth-order valence-corrected chi connectivity index (χ4v) is 6.41. The van der Waals surface area contributed by atoms with Crippen molar-refractivity contribution in [2.75, 3.05) is 26.4 Å². The number of benzene rings is 2. The van der Waals surface area contributed by atoms with Gasteiger partial charge < -0.3 is 24.6 Å². The van der Waals surface area contributed by atoms with Gasteiger partial charge in [-0.3, -0.25) is 24.3 Å². The lowest BCUT2D eigenvalue weighted by molar-refractivity contribution is -0.122. The van der Waals surface area contributed by atoms with E-state index < -0.39 is 6.04 Å². The molecule has 0 spiro atoms. The number of aldehydes is 1. The van der Waals surface area contributed by atoms with Gasteiger partial charge >= 0.3 is 0 Å². The number of allylic oxidation sites excluding steroid dienone is 1. The topological polar surface area (TPSA) is 131 Å². The van der Waals surface area contributed by atoms with Crippen LogP contribution in [0.4, 0.5) is 0 Å². The SMILES string of the molecule is C=C(CCc1ccc2c(c1)[nH]c1ccncc12)NCC(C)(C)COCC(C)(C)COc1cccc2c1C(=O)N(C(C)CCC(=O)C(C)CC)C2=O.CC=O. The first-order valence-electron chi connectivity index (χ1n) is 19.0. The Morgan fingerprint density at radius 2 is 1.70 bits per heavy atom. The van der Waals surface area contributed by atoms with Crippen LogP contribution in [0.5, 0.6) is 5.75 Å². The lowest BCUT2D eigenvalue weighted by atomic mass is 9.93. The van der Waals surface area contributed by atoms with Crippen molar-refractivity contribution in [2.24, 2.45) is 16.7 Å². The van der Waals surface area contributed by atoms with Crippen LogP contribution in [0.2, 0.25) is 0 Å². The number of fused-ring (bicyclic) bond motifs is 4. The molecule has 2 atom stereocenters. The van der Waals surface area contributed by atoms with Crippen LogP contribution in [0.25, 0.3) is 21.8 Å². The lowest BCUT2D eigenvalue weighted by Gasteiger charge is -2.30. The van der Waals surface area contributed by atoms with Crippen LogP contribution in [0.3, 0.4) is 0 Å². The van der Waals surface area contributed by atoms with E-state index in [9.17, 15) is 14.4 Å². The summed E-state index contributed by atoms with van der Waals surface area (Å²) in [4.78, 5) is 57.0. The number of carbonyl (C=O) groups is 4. The van der Waals surface area contributed by atoms with Crippen LogP contribution in [-0.4, -0.2) is 71.2 Å². The molecule has 2 unspecified atom stereocenters. The molecule has 2 aromatic heterocycles. The molecule has 0 aliphatic carbocycles. The van der Waals surface area contributed by atoms with Crippen LogP contribution < -0.4 is 10.1 Å². The van der Waals surface area contributed by atoms with Crippen molar-refractivity contribution in [2.45, 2.75) is 93.5 Å². The summed E-state index contributed by atoms with van der Waals surface area (Å²) in [5, 5.41) is 5.84. The van der Waals surface area contributed by atoms with E-state index in [1.807, 2.05) is 33.0 Å². The molecule has 1 aliphatic rings. The smallest absolute Gasteiger partial charge is 0.265 e. The Morgan fingerprint density at radius 1 is 0.981 bits per heavy atom. The first-order valence-corrected chi connectivity index (χ1v) is 19.0. The second-order valence-corrected chi connectivity index (χ2v) is 16.1. The largest absolute Gasteiger partial charge is 0.492 e. The van der Waals surface area contributed by atoms with Gasteiger partial charge in [-0.05, 0) is 69.4 Å². The summed E-state index contributed by atoms with van der Waals surface area (Å²) in [5.74, 6) is -0.181. The number of Topliss-reactive ketones (excluding diaryl/α,β-unsaturated/α-hetero) is 1. The van der Waals surface area contributed by atoms with Gasteiger partial charge in [0.15, 0.2) is 0 Å². The second-order valence-electron chi connectivity index (χ2n) is 16.1. The van der Waals surface area contributed by atoms with Crippen LogP contribution >= 0.6 is 0 Å². The molecule has 10 nitrogen and oxygen atoms in total. The molecule has 4 aromatic rings. The van der Waals surface area contributed by atoms with Crippen molar-refractivity contribution >= 4 is 45.7 Å². The number of nitrogens with zero attached hydrogens (tertiary/aromatic N) is 2. The number of aromatic nitrogens is 2. The Balaban J connectivity index is 0.00000209. The Hall–Kier alpha value is -4.83. The monoisotopic (exact) mass is 738 g/mol. The molecule has 0 saturated heterocycles. The van der Waals surface area contributed by atoms with E-state index in [-0.39, 0.29) is 34.3 Å². The molecule has 0 saturated carbocycles. The highest BCUT2D eigenvalue weighted by Gasteiger charge is 2.41. The van der Waals surface area contributed by atoms with E-state index in [0.717, 1.165) is 54.2 Å². The first-order chi connectivity index (χ1) is 25.6. The summed E-state index contributed by atoms with van der Waals surface area (Å²) >= 11 is 0. The summed E-state index contributed by atoms with van der Waals surface area (Å²) in [6, 6.07) is 13.3. The predicted molar refractivity (Wildman–Crippen MR) is 215 cm³/mol. The van der Waals surface area contributed by atoms with Gasteiger partial charge in [0.2, 0.25) is 0 Å². The number of hydrogen-bond acceptors (Lipinski definition) is 8. The standard InChI is InChI=1S/C42H54N4O5.C2H4O/c1-9-27(2)36(47)18-14-29(4)46-39(48)32-11-10-12-37(38(32)40(46)49)51-26-42(7,8)25-50-24-41(5,6)23-44-28(3)13-15-30-16-17-31-33-22-43-20-19-34(33)45-35(31)21-30;1-2-3/h10-12,16-17,19-22,27,29,44-45H,3,9,13-15,18,23-26H2,1-2,4-8H3;2H,1H3. The van der Waals surface area contributed by atoms with Gasteiger partial charge in [-0.15, -0.1) is 0 Å². The minimum Gasteiger partial charge on any atom is -0.492 e. The van der Waals surface area contributed by atoms with Gasteiger partial charge in [-0.25, -0.2) is 0 Å². The number of ether oxygens (including phenoxy) is 2. The van der Waals surface area contributed by atoms with Gasteiger partial charge in [0.1, 0.15) is 17.8 Å². The van der Waals surface area contributed by atoms with Crippen LogP contribution in [0, 0.1) is 16.7 Å². The fourth-order valence-electron chi connectivity index (χ4n) is 6.41. The number of H-pyrrole nitrogens is 1. The summed E-state index contributed by atoms with van der Waals surface area (Å²) in [6.07, 6.45) is 7.74. The molecule has 2 N–H and O–H groups in total. The molecule has 2 aromatic carbocycles. The Labute approximate surface area is 320 Å². The molecule has 0 radical (unpaired) electrons.